The summed E-state index contributed by atoms with van der Waals surface area (Å²) in [5.41, 5.74) is 6.58. The number of nitrogens with two attached hydrogens (primary N) is 1. The molecule has 1 aliphatic rings. The smallest absolute Gasteiger partial charge is 0.237 e. The molecule has 6 heteroatoms. The maximum atomic E-state index is 12.5. The lowest BCUT2D eigenvalue weighted by atomic mass is 9.79. The molecule has 1 amide bonds. The fourth-order valence-corrected chi connectivity index (χ4v) is 2.70. The highest BCUT2D eigenvalue weighted by molar-refractivity contribution is 7.80. The number of carbonyl (C=O) groups is 1. The number of amides is 1. The van der Waals surface area contributed by atoms with Gasteiger partial charge in [0, 0.05) is 23.9 Å². The average molecular weight is 313 g/mol. The van der Waals surface area contributed by atoms with E-state index in [0.29, 0.717) is 36.8 Å². The van der Waals surface area contributed by atoms with E-state index in [1.807, 2.05) is 19.1 Å². The SMILES string of the molecule is Cc1ccc(NC(=O)C2(C(N)=S)CCOCC2)cc1Cl. The second kappa shape index (κ2) is 6.08. The number of rotatable bonds is 3. The predicted molar refractivity (Wildman–Crippen MR) is 84.1 cm³/mol. The first-order valence-electron chi connectivity index (χ1n) is 6.41. The molecule has 0 bridgehead atoms. The molecule has 20 heavy (non-hydrogen) atoms. The summed E-state index contributed by atoms with van der Waals surface area (Å²) in [7, 11) is 0. The Hall–Kier alpha value is -1.17. The summed E-state index contributed by atoms with van der Waals surface area (Å²) in [5.74, 6) is -0.187. The summed E-state index contributed by atoms with van der Waals surface area (Å²) < 4.78 is 5.29. The highest BCUT2D eigenvalue weighted by Gasteiger charge is 2.43. The van der Waals surface area contributed by atoms with Crippen LogP contribution in [-0.4, -0.2) is 24.1 Å². The molecule has 1 aliphatic heterocycles. The fraction of sp³-hybridized carbons (Fsp3) is 0.429. The van der Waals surface area contributed by atoms with Crippen molar-refractivity contribution in [2.45, 2.75) is 19.8 Å². The number of hydrogen-bond acceptors (Lipinski definition) is 3. The van der Waals surface area contributed by atoms with E-state index in [-0.39, 0.29) is 10.9 Å². The molecule has 2 rings (SSSR count). The summed E-state index contributed by atoms with van der Waals surface area (Å²) in [4.78, 5) is 12.8. The van der Waals surface area contributed by atoms with E-state index in [9.17, 15) is 4.79 Å². The van der Waals surface area contributed by atoms with Crippen LogP contribution in [0, 0.1) is 12.3 Å². The Labute approximate surface area is 128 Å². The van der Waals surface area contributed by atoms with Gasteiger partial charge in [0.05, 0.1) is 4.99 Å². The molecule has 1 saturated heterocycles. The zero-order valence-corrected chi connectivity index (χ0v) is 12.8. The van der Waals surface area contributed by atoms with E-state index in [4.69, 9.17) is 34.3 Å². The van der Waals surface area contributed by atoms with Crippen molar-refractivity contribution >= 4 is 40.4 Å². The normalized spacial score (nSPS) is 17.5. The Bertz CT molecular complexity index is 542. The first-order valence-corrected chi connectivity index (χ1v) is 7.19. The molecule has 1 fully saturated rings. The molecule has 1 aromatic rings. The van der Waals surface area contributed by atoms with Crippen LogP contribution >= 0.6 is 23.8 Å². The molecular formula is C14H17ClN2O2S. The molecule has 0 atom stereocenters. The molecule has 0 radical (unpaired) electrons. The Morgan fingerprint density at radius 3 is 2.65 bits per heavy atom. The van der Waals surface area contributed by atoms with Crippen LogP contribution < -0.4 is 11.1 Å². The Balaban J connectivity index is 2.20. The minimum Gasteiger partial charge on any atom is -0.392 e. The molecule has 3 N–H and O–H groups in total. The standard InChI is InChI=1S/C14H17ClN2O2S/c1-9-2-3-10(8-11(9)15)17-13(18)14(12(16)20)4-6-19-7-5-14/h2-3,8H,4-7H2,1H3,(H2,16,20)(H,17,18). The second-order valence-electron chi connectivity index (χ2n) is 4.98. The Morgan fingerprint density at radius 1 is 1.45 bits per heavy atom. The summed E-state index contributed by atoms with van der Waals surface area (Å²) in [5, 5.41) is 3.47. The molecule has 108 valence electrons. The van der Waals surface area contributed by atoms with Crippen LogP contribution in [-0.2, 0) is 9.53 Å². The number of thiocarbonyl (C=S) groups is 1. The van der Waals surface area contributed by atoms with Crippen LogP contribution in [0.15, 0.2) is 18.2 Å². The maximum Gasteiger partial charge on any atom is 0.237 e. The molecule has 0 aromatic heterocycles. The highest BCUT2D eigenvalue weighted by Crippen LogP contribution is 2.33. The summed E-state index contributed by atoms with van der Waals surface area (Å²) >= 11 is 11.2. The topological polar surface area (TPSA) is 64.4 Å². The van der Waals surface area contributed by atoms with E-state index in [0.717, 1.165) is 5.56 Å². The number of nitrogens with one attached hydrogen (secondary N) is 1. The number of hydrogen-bond donors (Lipinski definition) is 2. The minimum atomic E-state index is -0.828. The lowest BCUT2D eigenvalue weighted by Crippen LogP contribution is -2.49. The van der Waals surface area contributed by atoms with Gasteiger partial charge in [0.15, 0.2) is 0 Å². The third-order valence-corrected chi connectivity index (χ3v) is 4.48. The maximum absolute atomic E-state index is 12.5. The molecule has 0 unspecified atom stereocenters. The predicted octanol–water partition coefficient (Wildman–Crippen LogP) is 2.67. The molecule has 0 aliphatic carbocycles. The number of halogens is 1. The van der Waals surface area contributed by atoms with Gasteiger partial charge >= 0.3 is 0 Å². The van der Waals surface area contributed by atoms with Gasteiger partial charge in [-0.05, 0) is 37.5 Å². The lowest BCUT2D eigenvalue weighted by Gasteiger charge is -2.34. The first kappa shape index (κ1) is 15.2. The van der Waals surface area contributed by atoms with E-state index < -0.39 is 5.41 Å². The zero-order valence-electron chi connectivity index (χ0n) is 11.2. The third-order valence-electron chi connectivity index (χ3n) is 3.68. The van der Waals surface area contributed by atoms with Gasteiger partial charge in [0.1, 0.15) is 5.41 Å². The van der Waals surface area contributed by atoms with Gasteiger partial charge in [-0.1, -0.05) is 29.9 Å². The molecular weight excluding hydrogens is 296 g/mol. The van der Waals surface area contributed by atoms with Crippen LogP contribution in [0.4, 0.5) is 5.69 Å². The van der Waals surface area contributed by atoms with Crippen molar-refractivity contribution in [3.8, 4) is 0 Å². The summed E-state index contributed by atoms with van der Waals surface area (Å²) in [6, 6.07) is 5.39. The number of anilines is 1. The van der Waals surface area contributed by atoms with Gasteiger partial charge in [-0.25, -0.2) is 0 Å². The van der Waals surface area contributed by atoms with Crippen LogP contribution in [0.2, 0.25) is 5.02 Å². The summed E-state index contributed by atoms with van der Waals surface area (Å²) in [6.07, 6.45) is 1.02. The molecule has 1 heterocycles. The van der Waals surface area contributed by atoms with Gasteiger partial charge in [-0.2, -0.15) is 0 Å². The Kier molecular flexibility index (Phi) is 4.62. The van der Waals surface area contributed by atoms with Crippen LogP contribution in [0.25, 0.3) is 0 Å². The third kappa shape index (κ3) is 2.95. The van der Waals surface area contributed by atoms with Crippen molar-refractivity contribution in [2.75, 3.05) is 18.5 Å². The number of ether oxygens (including phenoxy) is 1. The van der Waals surface area contributed by atoms with Crippen LogP contribution in [0.3, 0.4) is 0 Å². The quantitative estimate of drug-likeness (QED) is 0.842. The van der Waals surface area contributed by atoms with E-state index in [1.165, 1.54) is 0 Å². The van der Waals surface area contributed by atoms with Crippen molar-refractivity contribution in [2.24, 2.45) is 11.1 Å². The number of benzene rings is 1. The number of carbonyl (C=O) groups excluding carboxylic acids is 1. The van der Waals surface area contributed by atoms with Crippen molar-refractivity contribution < 1.29 is 9.53 Å². The van der Waals surface area contributed by atoms with Gasteiger partial charge < -0.3 is 15.8 Å². The molecule has 0 spiro atoms. The van der Waals surface area contributed by atoms with Crippen molar-refractivity contribution in [1.29, 1.82) is 0 Å². The van der Waals surface area contributed by atoms with Crippen LogP contribution in [0.5, 0.6) is 0 Å². The molecule has 0 saturated carbocycles. The average Bonchev–Trinajstić information content (AvgIpc) is 2.43. The van der Waals surface area contributed by atoms with Gasteiger partial charge in [-0.15, -0.1) is 0 Å². The highest BCUT2D eigenvalue weighted by atomic mass is 35.5. The molecule has 4 nitrogen and oxygen atoms in total. The van der Waals surface area contributed by atoms with E-state index in [1.54, 1.807) is 6.07 Å². The first-order chi connectivity index (χ1) is 9.45. The Morgan fingerprint density at radius 2 is 2.10 bits per heavy atom. The van der Waals surface area contributed by atoms with Gasteiger partial charge in [0.25, 0.3) is 0 Å². The zero-order chi connectivity index (χ0) is 14.8. The monoisotopic (exact) mass is 312 g/mol. The second-order valence-corrected chi connectivity index (χ2v) is 5.82. The molecule has 1 aromatic carbocycles. The largest absolute Gasteiger partial charge is 0.392 e. The van der Waals surface area contributed by atoms with Crippen LogP contribution in [0.1, 0.15) is 18.4 Å². The summed E-state index contributed by atoms with van der Waals surface area (Å²) in [6.45, 7) is 2.88. The lowest BCUT2D eigenvalue weighted by molar-refractivity contribution is -0.126. The van der Waals surface area contributed by atoms with Gasteiger partial charge in [-0.3, -0.25) is 4.79 Å². The minimum absolute atomic E-state index is 0.187. The van der Waals surface area contributed by atoms with E-state index >= 15 is 0 Å². The number of aryl methyl sites for hydroxylation is 1. The van der Waals surface area contributed by atoms with E-state index in [2.05, 4.69) is 5.32 Å². The van der Waals surface area contributed by atoms with Crippen molar-refractivity contribution in [3.05, 3.63) is 28.8 Å². The van der Waals surface area contributed by atoms with Crippen molar-refractivity contribution in [3.63, 3.8) is 0 Å². The fourth-order valence-electron chi connectivity index (χ4n) is 2.23. The van der Waals surface area contributed by atoms with Gasteiger partial charge in [0.2, 0.25) is 5.91 Å². The van der Waals surface area contributed by atoms with Crippen molar-refractivity contribution in [1.82, 2.24) is 0 Å².